The number of halogens is 1. The lowest BCUT2D eigenvalue weighted by Crippen LogP contribution is -2.55. The van der Waals surface area contributed by atoms with E-state index in [1.54, 1.807) is 7.11 Å². The van der Waals surface area contributed by atoms with Gasteiger partial charge in [0.15, 0.2) is 0 Å². The molecule has 0 amide bonds. The highest BCUT2D eigenvalue weighted by atomic mass is 35.5. The third-order valence-electron chi connectivity index (χ3n) is 7.17. The van der Waals surface area contributed by atoms with Crippen molar-refractivity contribution in [3.05, 3.63) is 83.5 Å². The molecule has 1 aromatic heterocycles. The van der Waals surface area contributed by atoms with Crippen molar-refractivity contribution < 1.29 is 9.47 Å². The van der Waals surface area contributed by atoms with Crippen molar-refractivity contribution in [2.45, 2.75) is 31.6 Å². The van der Waals surface area contributed by atoms with Crippen LogP contribution in [0, 0.1) is 11.8 Å². The van der Waals surface area contributed by atoms with Crippen molar-refractivity contribution in [2.75, 3.05) is 20.2 Å². The van der Waals surface area contributed by atoms with Gasteiger partial charge in [-0.1, -0.05) is 35.9 Å². The molecule has 1 unspecified atom stereocenters. The first-order valence-corrected chi connectivity index (χ1v) is 11.7. The number of piperidine rings is 3. The third-order valence-corrected chi connectivity index (χ3v) is 7.54. The number of rotatable bonds is 7. The average Bonchev–Trinajstić information content (AvgIpc) is 2.85. The average molecular weight is 449 g/mol. The Morgan fingerprint density at radius 3 is 2.88 bits per heavy atom. The van der Waals surface area contributed by atoms with E-state index in [1.807, 2.05) is 42.6 Å². The molecule has 3 aliphatic heterocycles. The van der Waals surface area contributed by atoms with Gasteiger partial charge in [-0.3, -0.25) is 9.88 Å². The molecule has 3 aromatic rings. The van der Waals surface area contributed by atoms with Crippen LogP contribution < -0.4 is 4.74 Å². The summed E-state index contributed by atoms with van der Waals surface area (Å²) in [4.78, 5) is 7.18. The molecule has 5 atom stereocenters. The van der Waals surface area contributed by atoms with Gasteiger partial charge in [0.05, 0.1) is 25.3 Å². The first-order valence-electron chi connectivity index (χ1n) is 11.3. The standard InChI is InChI=1S/C27H29ClN2O2/c1-3-18-16-30-13-11-19(18)14-26(30)27(32-17-20-6-4-5-7-24(20)28)22-10-12-29-25-9-8-21(31-2)15-23(22)25/h3-10,12,15,18-19,26-27H,1,11,13-14,16-17H2,2H3/t18-,19-,26-,27+/m0/s1. The van der Waals surface area contributed by atoms with E-state index in [1.165, 1.54) is 6.42 Å². The lowest BCUT2D eigenvalue weighted by atomic mass is 9.73. The molecule has 0 spiro atoms. The number of hydrogen-bond donors (Lipinski definition) is 0. The fourth-order valence-corrected chi connectivity index (χ4v) is 5.61. The van der Waals surface area contributed by atoms with Crippen molar-refractivity contribution in [3.8, 4) is 5.75 Å². The minimum atomic E-state index is -0.0857. The van der Waals surface area contributed by atoms with Gasteiger partial charge >= 0.3 is 0 Å². The van der Waals surface area contributed by atoms with E-state index in [-0.39, 0.29) is 6.10 Å². The van der Waals surface area contributed by atoms with E-state index in [0.29, 0.717) is 24.5 Å². The quantitative estimate of drug-likeness (QED) is 0.412. The zero-order chi connectivity index (χ0) is 22.1. The minimum Gasteiger partial charge on any atom is -0.497 e. The monoisotopic (exact) mass is 448 g/mol. The Hall–Kier alpha value is -2.40. The highest BCUT2D eigenvalue weighted by molar-refractivity contribution is 6.31. The molecule has 32 heavy (non-hydrogen) atoms. The number of aromatic nitrogens is 1. The number of ether oxygens (including phenoxy) is 2. The number of nitrogens with zero attached hydrogens (tertiary/aromatic N) is 2. The lowest BCUT2D eigenvalue weighted by molar-refractivity contribution is -0.0803. The molecule has 3 saturated heterocycles. The molecule has 166 valence electrons. The zero-order valence-corrected chi connectivity index (χ0v) is 19.2. The second kappa shape index (κ2) is 9.22. The molecular formula is C27H29ClN2O2. The van der Waals surface area contributed by atoms with Crippen molar-refractivity contribution in [3.63, 3.8) is 0 Å². The van der Waals surface area contributed by atoms with Gasteiger partial charge in [0.2, 0.25) is 0 Å². The molecule has 0 saturated carbocycles. The van der Waals surface area contributed by atoms with Crippen LogP contribution in [0.5, 0.6) is 5.75 Å². The molecule has 2 aromatic carbocycles. The number of benzene rings is 2. The number of fused-ring (bicyclic) bond motifs is 4. The van der Waals surface area contributed by atoms with Crippen molar-refractivity contribution >= 4 is 22.5 Å². The molecule has 3 fully saturated rings. The summed E-state index contributed by atoms with van der Waals surface area (Å²) in [6, 6.07) is 16.4. The molecule has 0 N–H and O–H groups in total. The number of pyridine rings is 1. The third kappa shape index (κ3) is 4.03. The Labute approximate surface area is 194 Å². The second-order valence-corrected chi connectivity index (χ2v) is 9.26. The van der Waals surface area contributed by atoms with Crippen LogP contribution >= 0.6 is 11.6 Å². The Kier molecular flexibility index (Phi) is 6.18. The first kappa shape index (κ1) is 21.4. The van der Waals surface area contributed by atoms with Gasteiger partial charge in [-0.05, 0) is 72.7 Å². The minimum absolute atomic E-state index is 0.0857. The first-order chi connectivity index (χ1) is 15.7. The molecule has 6 rings (SSSR count). The van der Waals surface area contributed by atoms with Gasteiger partial charge < -0.3 is 9.47 Å². The Bertz CT molecular complexity index is 1120. The van der Waals surface area contributed by atoms with Crippen LogP contribution in [0.2, 0.25) is 5.02 Å². The fourth-order valence-electron chi connectivity index (χ4n) is 5.42. The molecule has 0 radical (unpaired) electrons. The van der Waals surface area contributed by atoms with Crippen LogP contribution in [0.3, 0.4) is 0 Å². The van der Waals surface area contributed by atoms with Gasteiger partial charge in [-0.15, -0.1) is 6.58 Å². The second-order valence-electron chi connectivity index (χ2n) is 8.85. The van der Waals surface area contributed by atoms with Gasteiger partial charge in [0, 0.05) is 29.2 Å². The zero-order valence-electron chi connectivity index (χ0n) is 18.4. The highest BCUT2D eigenvalue weighted by Crippen LogP contribution is 2.44. The van der Waals surface area contributed by atoms with Gasteiger partial charge in [-0.2, -0.15) is 0 Å². The molecule has 4 heterocycles. The molecule has 5 heteroatoms. The summed E-state index contributed by atoms with van der Waals surface area (Å²) >= 11 is 6.45. The van der Waals surface area contributed by atoms with E-state index in [9.17, 15) is 0 Å². The van der Waals surface area contributed by atoms with Gasteiger partial charge in [0.1, 0.15) is 5.75 Å². The number of hydrogen-bond acceptors (Lipinski definition) is 4. The van der Waals surface area contributed by atoms with Crippen molar-refractivity contribution in [1.29, 1.82) is 0 Å². The Morgan fingerprint density at radius 1 is 1.25 bits per heavy atom. The van der Waals surface area contributed by atoms with Crippen LogP contribution in [0.15, 0.2) is 67.4 Å². The maximum atomic E-state index is 6.72. The maximum Gasteiger partial charge on any atom is 0.119 e. The summed E-state index contributed by atoms with van der Waals surface area (Å²) < 4.78 is 12.2. The van der Waals surface area contributed by atoms with Crippen LogP contribution in [0.4, 0.5) is 0 Å². The summed E-state index contributed by atoms with van der Waals surface area (Å²) in [6.45, 7) is 6.71. The predicted octanol–water partition coefficient (Wildman–Crippen LogP) is 6.05. The smallest absolute Gasteiger partial charge is 0.119 e. The predicted molar refractivity (Wildman–Crippen MR) is 129 cm³/mol. The maximum absolute atomic E-state index is 6.72. The van der Waals surface area contributed by atoms with E-state index in [0.717, 1.165) is 52.3 Å². The highest BCUT2D eigenvalue weighted by Gasteiger charge is 2.43. The van der Waals surface area contributed by atoms with Crippen LogP contribution in [0.25, 0.3) is 10.9 Å². The summed E-state index contributed by atoms with van der Waals surface area (Å²) in [5.41, 5.74) is 3.12. The largest absolute Gasteiger partial charge is 0.497 e. The summed E-state index contributed by atoms with van der Waals surface area (Å²) in [7, 11) is 1.70. The Morgan fingerprint density at radius 2 is 2.12 bits per heavy atom. The normalized spacial score (nSPS) is 25.6. The van der Waals surface area contributed by atoms with Gasteiger partial charge in [0.25, 0.3) is 0 Å². The fraction of sp³-hybridized carbons (Fsp3) is 0.370. The van der Waals surface area contributed by atoms with E-state index in [2.05, 4.69) is 34.7 Å². The lowest BCUT2D eigenvalue weighted by Gasteiger charge is -2.51. The van der Waals surface area contributed by atoms with E-state index in [4.69, 9.17) is 21.1 Å². The van der Waals surface area contributed by atoms with Gasteiger partial charge in [-0.25, -0.2) is 0 Å². The Balaban J connectivity index is 1.54. The molecular weight excluding hydrogens is 420 g/mol. The molecule has 3 aliphatic rings. The molecule has 2 bridgehead atoms. The summed E-state index contributed by atoms with van der Waals surface area (Å²) in [6.07, 6.45) is 6.28. The van der Waals surface area contributed by atoms with Crippen LogP contribution in [0.1, 0.15) is 30.1 Å². The summed E-state index contributed by atoms with van der Waals surface area (Å²) in [5.74, 6) is 2.06. The van der Waals surface area contributed by atoms with E-state index < -0.39 is 0 Å². The van der Waals surface area contributed by atoms with Crippen molar-refractivity contribution in [1.82, 2.24) is 9.88 Å². The van der Waals surface area contributed by atoms with Crippen LogP contribution in [-0.4, -0.2) is 36.1 Å². The molecule has 4 nitrogen and oxygen atoms in total. The topological polar surface area (TPSA) is 34.6 Å². The van der Waals surface area contributed by atoms with Crippen LogP contribution in [-0.2, 0) is 11.3 Å². The molecule has 0 aliphatic carbocycles. The van der Waals surface area contributed by atoms with Crippen molar-refractivity contribution in [2.24, 2.45) is 11.8 Å². The van der Waals surface area contributed by atoms with E-state index >= 15 is 0 Å². The summed E-state index contributed by atoms with van der Waals surface area (Å²) in [5, 5.41) is 1.82. The number of methoxy groups -OCH3 is 1. The SMILES string of the molecule is C=C[C@H]1CN2CC[C@H]1C[C@H]2[C@H](OCc1ccccc1Cl)c1ccnc2ccc(OC)cc12.